The van der Waals surface area contributed by atoms with Crippen LogP contribution in [0.25, 0.3) is 0 Å². The van der Waals surface area contributed by atoms with Crippen LogP contribution in [0, 0.1) is 5.92 Å². The second-order valence-corrected chi connectivity index (χ2v) is 4.50. The molecule has 1 fully saturated rings. The van der Waals surface area contributed by atoms with Gasteiger partial charge in [-0.25, -0.2) is 4.98 Å². The Balaban J connectivity index is 2.07. The van der Waals surface area contributed by atoms with Gasteiger partial charge in [-0.1, -0.05) is 6.07 Å². The topological polar surface area (TPSA) is 36.4 Å². The number of aliphatic hydroxyl groups is 1. The van der Waals surface area contributed by atoms with Gasteiger partial charge in [0.2, 0.25) is 0 Å². The van der Waals surface area contributed by atoms with Gasteiger partial charge < -0.3 is 10.0 Å². The molecule has 1 aliphatic heterocycles. The van der Waals surface area contributed by atoms with Crippen LogP contribution in [0.2, 0.25) is 0 Å². The summed E-state index contributed by atoms with van der Waals surface area (Å²) >= 11 is 5.90. The van der Waals surface area contributed by atoms with Crippen LogP contribution < -0.4 is 4.90 Å². The van der Waals surface area contributed by atoms with E-state index in [2.05, 4.69) is 9.88 Å². The molecule has 0 atom stereocenters. The van der Waals surface area contributed by atoms with Crippen LogP contribution in [-0.2, 0) is 5.88 Å². The van der Waals surface area contributed by atoms with E-state index in [1.807, 2.05) is 18.3 Å². The number of nitrogens with zero attached hydrogens (tertiary/aromatic N) is 2. The number of hydrogen-bond donors (Lipinski definition) is 1. The Kier molecular flexibility index (Phi) is 4.02. The molecule has 16 heavy (non-hydrogen) atoms. The minimum Gasteiger partial charge on any atom is -0.396 e. The van der Waals surface area contributed by atoms with Gasteiger partial charge in [-0.2, -0.15) is 0 Å². The molecule has 1 aromatic rings. The highest BCUT2D eigenvalue weighted by Gasteiger charge is 2.20. The number of hydrogen-bond acceptors (Lipinski definition) is 3. The average molecular weight is 241 g/mol. The van der Waals surface area contributed by atoms with E-state index in [9.17, 15) is 0 Å². The van der Waals surface area contributed by atoms with Crippen molar-refractivity contribution >= 4 is 17.4 Å². The molecule has 88 valence electrons. The van der Waals surface area contributed by atoms with E-state index in [1.165, 1.54) is 0 Å². The number of rotatable bonds is 3. The largest absolute Gasteiger partial charge is 0.396 e. The molecule has 4 heteroatoms. The molecule has 0 saturated carbocycles. The SMILES string of the molecule is OCC1CCN(c2ncccc2CCl)CC1. The zero-order valence-electron chi connectivity index (χ0n) is 9.27. The van der Waals surface area contributed by atoms with Gasteiger partial charge in [-0.3, -0.25) is 0 Å². The highest BCUT2D eigenvalue weighted by atomic mass is 35.5. The molecule has 2 heterocycles. The van der Waals surface area contributed by atoms with Crippen molar-refractivity contribution in [1.29, 1.82) is 0 Å². The summed E-state index contributed by atoms with van der Waals surface area (Å²) in [5.41, 5.74) is 1.09. The smallest absolute Gasteiger partial charge is 0.132 e. The maximum Gasteiger partial charge on any atom is 0.132 e. The molecule has 0 bridgehead atoms. The minimum atomic E-state index is 0.304. The number of halogens is 1. The summed E-state index contributed by atoms with van der Waals surface area (Å²) in [5, 5.41) is 9.09. The van der Waals surface area contributed by atoms with Gasteiger partial charge in [-0.05, 0) is 24.8 Å². The van der Waals surface area contributed by atoms with Crippen LogP contribution in [0.5, 0.6) is 0 Å². The molecule has 1 aromatic heterocycles. The second kappa shape index (κ2) is 5.51. The Bertz CT molecular complexity index is 338. The summed E-state index contributed by atoms with van der Waals surface area (Å²) in [6, 6.07) is 3.94. The second-order valence-electron chi connectivity index (χ2n) is 4.23. The van der Waals surface area contributed by atoms with Crippen molar-refractivity contribution in [2.45, 2.75) is 18.7 Å². The van der Waals surface area contributed by atoms with E-state index in [-0.39, 0.29) is 0 Å². The fourth-order valence-electron chi connectivity index (χ4n) is 2.15. The fourth-order valence-corrected chi connectivity index (χ4v) is 2.36. The Hall–Kier alpha value is -0.800. The molecule has 0 aromatic carbocycles. The lowest BCUT2D eigenvalue weighted by atomic mass is 9.98. The first kappa shape index (κ1) is 11.7. The highest BCUT2D eigenvalue weighted by molar-refractivity contribution is 6.17. The highest BCUT2D eigenvalue weighted by Crippen LogP contribution is 2.24. The Morgan fingerprint density at radius 2 is 2.19 bits per heavy atom. The van der Waals surface area contributed by atoms with E-state index >= 15 is 0 Å². The maximum atomic E-state index is 9.09. The van der Waals surface area contributed by atoms with E-state index in [0.717, 1.165) is 37.3 Å². The van der Waals surface area contributed by atoms with Crippen LogP contribution >= 0.6 is 11.6 Å². The molecule has 1 aliphatic rings. The number of aromatic nitrogens is 1. The number of pyridine rings is 1. The number of anilines is 1. The molecule has 0 spiro atoms. The normalized spacial score (nSPS) is 17.8. The summed E-state index contributed by atoms with van der Waals surface area (Å²) in [6.07, 6.45) is 3.88. The lowest BCUT2D eigenvalue weighted by Crippen LogP contribution is -2.35. The van der Waals surface area contributed by atoms with Crippen molar-refractivity contribution in [2.75, 3.05) is 24.6 Å². The Morgan fingerprint density at radius 1 is 1.44 bits per heavy atom. The lowest BCUT2D eigenvalue weighted by Gasteiger charge is -2.32. The van der Waals surface area contributed by atoms with Crippen LogP contribution in [0.15, 0.2) is 18.3 Å². The van der Waals surface area contributed by atoms with Crippen LogP contribution in [-0.4, -0.2) is 29.8 Å². The van der Waals surface area contributed by atoms with Gasteiger partial charge in [0, 0.05) is 31.5 Å². The van der Waals surface area contributed by atoms with Crippen molar-refractivity contribution in [1.82, 2.24) is 4.98 Å². The van der Waals surface area contributed by atoms with Crippen LogP contribution in [0.3, 0.4) is 0 Å². The molecular formula is C12H17ClN2O. The summed E-state index contributed by atoms with van der Waals surface area (Å²) in [6.45, 7) is 2.23. The van der Waals surface area contributed by atoms with Gasteiger partial charge in [0.15, 0.2) is 0 Å². The van der Waals surface area contributed by atoms with Crippen LogP contribution in [0.1, 0.15) is 18.4 Å². The van der Waals surface area contributed by atoms with E-state index in [1.54, 1.807) is 0 Å². The van der Waals surface area contributed by atoms with Gasteiger partial charge in [0.05, 0.1) is 5.88 Å². The maximum absolute atomic E-state index is 9.09. The number of aliphatic hydroxyl groups excluding tert-OH is 1. The number of piperidine rings is 1. The fraction of sp³-hybridized carbons (Fsp3) is 0.583. The molecule has 3 nitrogen and oxygen atoms in total. The van der Waals surface area contributed by atoms with Crippen molar-refractivity contribution in [3.05, 3.63) is 23.9 Å². The predicted molar refractivity (Wildman–Crippen MR) is 65.8 cm³/mol. The van der Waals surface area contributed by atoms with Gasteiger partial charge in [0.25, 0.3) is 0 Å². The molecule has 0 amide bonds. The molecule has 0 aliphatic carbocycles. The number of alkyl halides is 1. The molecule has 1 saturated heterocycles. The van der Waals surface area contributed by atoms with Crippen molar-refractivity contribution in [3.63, 3.8) is 0 Å². The molecular weight excluding hydrogens is 224 g/mol. The molecule has 2 rings (SSSR count). The van der Waals surface area contributed by atoms with Crippen molar-refractivity contribution in [2.24, 2.45) is 5.92 Å². The lowest BCUT2D eigenvalue weighted by molar-refractivity contribution is 0.202. The summed E-state index contributed by atoms with van der Waals surface area (Å²) < 4.78 is 0. The standard InChI is InChI=1S/C12H17ClN2O/c13-8-11-2-1-5-14-12(11)15-6-3-10(9-16)4-7-15/h1-2,5,10,16H,3-4,6-9H2. The quantitative estimate of drug-likeness (QED) is 0.822. The van der Waals surface area contributed by atoms with Gasteiger partial charge >= 0.3 is 0 Å². The summed E-state index contributed by atoms with van der Waals surface area (Å²) in [7, 11) is 0. The van der Waals surface area contributed by atoms with Crippen molar-refractivity contribution in [3.8, 4) is 0 Å². The Morgan fingerprint density at radius 3 is 2.81 bits per heavy atom. The summed E-state index contributed by atoms with van der Waals surface area (Å²) in [5.74, 6) is 1.97. The van der Waals surface area contributed by atoms with E-state index in [4.69, 9.17) is 16.7 Å². The predicted octanol–water partition coefficient (Wildman–Crippen LogP) is 2.03. The minimum absolute atomic E-state index is 0.304. The zero-order chi connectivity index (χ0) is 11.4. The summed E-state index contributed by atoms with van der Waals surface area (Å²) in [4.78, 5) is 6.67. The van der Waals surface area contributed by atoms with Gasteiger partial charge in [0.1, 0.15) is 5.82 Å². The third-order valence-corrected chi connectivity index (χ3v) is 3.47. The van der Waals surface area contributed by atoms with Crippen molar-refractivity contribution < 1.29 is 5.11 Å². The first-order chi connectivity index (χ1) is 7.85. The van der Waals surface area contributed by atoms with Gasteiger partial charge in [-0.15, -0.1) is 11.6 Å². The van der Waals surface area contributed by atoms with E-state index in [0.29, 0.717) is 18.4 Å². The molecule has 0 unspecified atom stereocenters. The average Bonchev–Trinajstić information content (AvgIpc) is 2.39. The first-order valence-electron chi connectivity index (χ1n) is 5.70. The first-order valence-corrected chi connectivity index (χ1v) is 6.24. The third-order valence-electron chi connectivity index (χ3n) is 3.18. The molecule has 1 N–H and O–H groups in total. The zero-order valence-corrected chi connectivity index (χ0v) is 10.0. The Labute approximate surface area is 101 Å². The van der Waals surface area contributed by atoms with Crippen LogP contribution in [0.4, 0.5) is 5.82 Å². The third kappa shape index (κ3) is 2.47. The van der Waals surface area contributed by atoms with E-state index < -0.39 is 0 Å². The molecule has 0 radical (unpaired) electrons. The monoisotopic (exact) mass is 240 g/mol.